The normalized spacial score (nSPS) is 17.9. The Morgan fingerprint density at radius 2 is 0.897 bits per heavy atom. The Morgan fingerprint density at radius 1 is 0.500 bits per heavy atom. The molecule has 0 nitrogen and oxygen atoms in total. The number of alkyl halides is 12. The summed E-state index contributed by atoms with van der Waals surface area (Å²) in [6, 6.07) is 23.6. The average Bonchev–Trinajstić information content (AvgIpc) is 3.94. The van der Waals surface area contributed by atoms with Crippen LogP contribution in [0.3, 0.4) is 0 Å². The first-order chi connectivity index (χ1) is 31.7. The van der Waals surface area contributed by atoms with Crippen molar-refractivity contribution in [2.75, 3.05) is 0 Å². The number of benzene rings is 6. The van der Waals surface area contributed by atoms with E-state index < -0.39 is 80.1 Å². The van der Waals surface area contributed by atoms with Gasteiger partial charge in [-0.15, -0.1) is 0 Å². The van der Waals surface area contributed by atoms with E-state index in [0.717, 1.165) is 21.5 Å². The quantitative estimate of drug-likeness (QED) is 0.110. The summed E-state index contributed by atoms with van der Waals surface area (Å²) >= 11 is -6.40. The molecule has 0 saturated heterocycles. The van der Waals surface area contributed by atoms with Crippen molar-refractivity contribution in [2.45, 2.75) is 72.5 Å². The molecule has 6 aromatic rings. The van der Waals surface area contributed by atoms with Gasteiger partial charge in [-0.1, -0.05) is 0 Å². The van der Waals surface area contributed by atoms with E-state index in [2.05, 4.69) is 0 Å². The molecule has 2 atom stereocenters. The molecule has 0 radical (unpaired) electrons. The van der Waals surface area contributed by atoms with Gasteiger partial charge in [-0.25, -0.2) is 0 Å². The third-order valence-electron chi connectivity index (χ3n) is 13.9. The Balaban J connectivity index is 1.35. The zero-order valence-electron chi connectivity index (χ0n) is 36.5. The van der Waals surface area contributed by atoms with E-state index in [1.165, 1.54) is 0 Å². The molecule has 1 heterocycles. The van der Waals surface area contributed by atoms with Crippen LogP contribution in [-0.2, 0) is 53.9 Å². The molecule has 68 heavy (non-hydrogen) atoms. The second-order valence-corrected chi connectivity index (χ2v) is 40.4. The fraction of sp³-hybridized carbons (Fsp3) is 0.231. The van der Waals surface area contributed by atoms with Crippen LogP contribution in [0.15, 0.2) is 114 Å². The van der Waals surface area contributed by atoms with Crippen molar-refractivity contribution in [3.05, 3.63) is 170 Å². The van der Waals surface area contributed by atoms with Gasteiger partial charge in [0.05, 0.1) is 0 Å². The van der Waals surface area contributed by atoms with Crippen molar-refractivity contribution < 1.29 is 69.1 Å². The van der Waals surface area contributed by atoms with E-state index >= 15 is 0 Å². The van der Waals surface area contributed by atoms with Gasteiger partial charge in [0.15, 0.2) is 0 Å². The Labute approximate surface area is 394 Å². The van der Waals surface area contributed by atoms with Crippen molar-refractivity contribution in [2.24, 2.45) is 0 Å². The Morgan fingerprint density at radius 3 is 1.29 bits per heavy atom. The monoisotopic (exact) mass is 1080 g/mol. The molecule has 6 aromatic carbocycles. The van der Waals surface area contributed by atoms with Crippen LogP contribution in [-0.4, -0.2) is 9.52 Å². The maximum absolute atomic E-state index is 14.4. The van der Waals surface area contributed by atoms with Crippen molar-refractivity contribution in [3.8, 4) is 33.4 Å². The summed E-state index contributed by atoms with van der Waals surface area (Å²) in [7, 11) is 16.3. The molecular weight excluding hydrogens is 1040 g/mol. The minimum atomic E-state index is -6.40. The molecule has 16 heteroatoms. The third kappa shape index (κ3) is 7.78. The molecule has 9 rings (SSSR count). The zero-order valence-corrected chi connectivity index (χ0v) is 41.9. The average molecular weight is 1080 g/mol. The molecule has 0 fully saturated rings. The number of fused-ring (bicyclic) bond motifs is 5. The van der Waals surface area contributed by atoms with Gasteiger partial charge in [0, 0.05) is 0 Å². The second kappa shape index (κ2) is 16.4. The van der Waals surface area contributed by atoms with Gasteiger partial charge in [0.1, 0.15) is 0 Å². The molecule has 2 unspecified atom stereocenters. The summed E-state index contributed by atoms with van der Waals surface area (Å²) < 4.78 is 172. The van der Waals surface area contributed by atoms with Gasteiger partial charge in [0.25, 0.3) is 0 Å². The van der Waals surface area contributed by atoms with E-state index in [-0.39, 0.29) is 47.2 Å². The Hall–Kier alpha value is -4.36. The zero-order chi connectivity index (χ0) is 49.3. The van der Waals surface area contributed by atoms with Crippen LogP contribution in [0.4, 0.5) is 52.7 Å². The van der Waals surface area contributed by atoms with Crippen molar-refractivity contribution in [3.63, 3.8) is 0 Å². The predicted octanol–water partition coefficient (Wildman–Crippen LogP) is 15.3. The number of halogens is 14. The molecule has 0 saturated carbocycles. The molecule has 1 aliphatic heterocycles. The second-order valence-electron chi connectivity index (χ2n) is 18.0. The first kappa shape index (κ1) is 48.7. The molecule has 0 spiro atoms. The minimum absolute atomic E-state index is 0.0855. The molecule has 0 bridgehead atoms. The van der Waals surface area contributed by atoms with Gasteiger partial charge >= 0.3 is 397 Å². The molecule has 3 aliphatic rings. The third-order valence-corrected chi connectivity index (χ3v) is 37.2. The summed E-state index contributed by atoms with van der Waals surface area (Å²) in [5.41, 5.74) is -0.418. The summed E-state index contributed by atoms with van der Waals surface area (Å²) in [5.74, 6) is 0. The Kier molecular flexibility index (Phi) is 11.7. The van der Waals surface area contributed by atoms with Crippen LogP contribution in [0.25, 0.3) is 45.5 Å². The maximum atomic E-state index is 14.4. The van der Waals surface area contributed by atoms with Crippen LogP contribution in [0.1, 0.15) is 90.6 Å². The first-order valence-corrected chi connectivity index (χ1v) is 33.5. The number of aryl methyl sites for hydroxylation is 2. The van der Waals surface area contributed by atoms with Crippen LogP contribution in [0.2, 0.25) is 0 Å². The topological polar surface area (TPSA) is 0 Å². The predicted molar refractivity (Wildman–Crippen MR) is 246 cm³/mol. The number of rotatable bonds is 7. The summed E-state index contributed by atoms with van der Waals surface area (Å²) in [5, 5.41) is 2.08. The van der Waals surface area contributed by atoms with Crippen molar-refractivity contribution >= 4 is 52.3 Å². The van der Waals surface area contributed by atoms with Crippen molar-refractivity contribution in [1.29, 1.82) is 0 Å². The van der Waals surface area contributed by atoms with E-state index in [1.807, 2.05) is 42.5 Å². The van der Waals surface area contributed by atoms with Gasteiger partial charge in [0.2, 0.25) is 0 Å². The van der Waals surface area contributed by atoms with E-state index in [0.29, 0.717) is 72.1 Å². The number of hydrogen-bond acceptors (Lipinski definition) is 0. The molecule has 2 aliphatic carbocycles. The fourth-order valence-electron chi connectivity index (χ4n) is 11.2. The van der Waals surface area contributed by atoms with E-state index in [9.17, 15) is 52.7 Å². The van der Waals surface area contributed by atoms with Gasteiger partial charge in [-0.05, 0) is 0 Å². The van der Waals surface area contributed by atoms with Crippen LogP contribution in [0.5, 0.6) is 0 Å². The molecule has 353 valence electrons. The van der Waals surface area contributed by atoms with Gasteiger partial charge in [-0.3, -0.25) is 0 Å². The van der Waals surface area contributed by atoms with E-state index in [1.54, 1.807) is 64.1 Å². The SMILES string of the molecule is CCc1ccc2c(c1-c1cc(C(F)(F)F)cc(C(F)(F)F)c1)C=C(C)[CH]2[Zr]([Cl])([Cl])([c]1cccc2c1[SiH2]c1ccccc1-2)[CH]1C(C)=Cc2c1ccc(CC)c2-c1cc(C(F)(F)F)cc(C(F)(F)F)c1. The molecule has 0 amide bonds. The standard InChI is InChI=1S/2C20H15F6.C12H9Si.2ClH.Zr/c2*1-3-12-4-5-13-6-11(2)7-17(13)18(12)14-8-15(19(21,22)23)10-16(9-14)20(24,25)26;1-3-7-11-9(5-1)10-6-2-4-8-12(10)13-11;;;/h2*4-10H,3H2,1-2H3;1-7H,13H2;2*1H;/q;;;;;+2/p-2. The Bertz CT molecular complexity index is 2930. The van der Waals surface area contributed by atoms with Crippen LogP contribution >= 0.6 is 17.0 Å². The summed E-state index contributed by atoms with van der Waals surface area (Å²) in [6.07, 6.45) is -16.5. The molecule has 0 N–H and O–H groups in total. The summed E-state index contributed by atoms with van der Waals surface area (Å²) in [4.78, 5) is 0. The number of hydrogen-bond donors (Lipinski definition) is 0. The van der Waals surface area contributed by atoms with E-state index in [4.69, 9.17) is 17.0 Å². The first-order valence-electron chi connectivity index (χ1n) is 21.7. The van der Waals surface area contributed by atoms with Crippen LogP contribution in [0, 0.1) is 0 Å². The fourth-order valence-corrected chi connectivity index (χ4v) is 40.0. The van der Waals surface area contributed by atoms with Crippen molar-refractivity contribution in [1.82, 2.24) is 0 Å². The number of allylic oxidation sites excluding steroid dienone is 2. The summed E-state index contributed by atoms with van der Waals surface area (Å²) in [6.45, 7) is 7.04. The van der Waals surface area contributed by atoms with Gasteiger partial charge in [-0.2, -0.15) is 0 Å². The molecule has 0 aromatic heterocycles. The molecular formula is C52H39Cl2F12SiZr. The van der Waals surface area contributed by atoms with Crippen LogP contribution < -0.4 is 13.6 Å². The van der Waals surface area contributed by atoms with Gasteiger partial charge < -0.3 is 0 Å².